The first-order valence-electron chi connectivity index (χ1n) is 12.3. The lowest BCUT2D eigenvalue weighted by Gasteiger charge is -2.34. The van der Waals surface area contributed by atoms with Crippen LogP contribution in [0.3, 0.4) is 0 Å². The van der Waals surface area contributed by atoms with Gasteiger partial charge in [0.1, 0.15) is 11.8 Å². The lowest BCUT2D eigenvalue weighted by molar-refractivity contribution is -0.140. The van der Waals surface area contributed by atoms with Crippen LogP contribution < -0.4 is 10.1 Å². The minimum absolute atomic E-state index is 0.108. The highest BCUT2D eigenvalue weighted by atomic mass is 35.5. The van der Waals surface area contributed by atoms with Gasteiger partial charge in [0.25, 0.3) is 0 Å². The van der Waals surface area contributed by atoms with Crippen molar-refractivity contribution in [2.75, 3.05) is 12.9 Å². The van der Waals surface area contributed by atoms with Gasteiger partial charge in [-0.2, -0.15) is 0 Å². The van der Waals surface area contributed by atoms with Gasteiger partial charge in [-0.25, -0.2) is 0 Å². The number of rotatable bonds is 11. The number of carbonyl (C=O) groups excluding carboxylic acids is 2. The minimum Gasteiger partial charge on any atom is -0.497 e. The van der Waals surface area contributed by atoms with E-state index in [1.165, 1.54) is 11.8 Å². The normalized spacial score (nSPS) is 12.0. The highest BCUT2D eigenvalue weighted by Gasteiger charge is 2.32. The monoisotopic (exact) mass is 538 g/mol. The van der Waals surface area contributed by atoms with Gasteiger partial charge >= 0.3 is 0 Å². The predicted molar refractivity (Wildman–Crippen MR) is 153 cm³/mol. The fourth-order valence-corrected chi connectivity index (χ4v) is 4.94. The van der Waals surface area contributed by atoms with E-state index >= 15 is 0 Å². The molecule has 0 heterocycles. The second-order valence-corrected chi connectivity index (χ2v) is 11.3. The fourth-order valence-electron chi connectivity index (χ4n) is 3.88. The lowest BCUT2D eigenvalue weighted by Crippen LogP contribution is -2.54. The molecule has 0 unspecified atom stereocenters. The van der Waals surface area contributed by atoms with Gasteiger partial charge in [0.05, 0.1) is 12.9 Å². The van der Waals surface area contributed by atoms with Crippen LogP contribution in [0, 0.1) is 0 Å². The summed E-state index contributed by atoms with van der Waals surface area (Å²) in [5.74, 6) is 1.42. The van der Waals surface area contributed by atoms with Crippen LogP contribution in [0.5, 0.6) is 5.75 Å². The van der Waals surface area contributed by atoms with Crippen molar-refractivity contribution in [1.82, 2.24) is 10.2 Å². The van der Waals surface area contributed by atoms with Crippen molar-refractivity contribution < 1.29 is 14.3 Å². The van der Waals surface area contributed by atoms with Crippen LogP contribution in [-0.2, 0) is 28.3 Å². The van der Waals surface area contributed by atoms with E-state index < -0.39 is 11.6 Å². The summed E-state index contributed by atoms with van der Waals surface area (Å²) < 4.78 is 5.23. The first-order chi connectivity index (χ1) is 17.7. The molecule has 0 aromatic heterocycles. The molecule has 3 rings (SSSR count). The number of ether oxygens (including phenoxy) is 1. The molecule has 0 spiro atoms. The van der Waals surface area contributed by atoms with E-state index in [-0.39, 0.29) is 24.1 Å². The molecule has 196 valence electrons. The molecule has 0 saturated heterocycles. The van der Waals surface area contributed by atoms with Gasteiger partial charge in [-0.15, -0.1) is 11.8 Å². The van der Waals surface area contributed by atoms with E-state index in [9.17, 15) is 9.59 Å². The van der Waals surface area contributed by atoms with Crippen LogP contribution >= 0.6 is 23.4 Å². The smallest absolute Gasteiger partial charge is 0.243 e. The Labute approximate surface area is 229 Å². The first kappa shape index (κ1) is 28.6. The van der Waals surface area contributed by atoms with Gasteiger partial charge in [-0.3, -0.25) is 9.59 Å². The highest BCUT2D eigenvalue weighted by Crippen LogP contribution is 2.23. The SMILES string of the molecule is COc1ccc(CSCC(=O)N(Cc2ccccc2Cl)[C@@H](Cc2ccccc2)C(=O)NC(C)(C)C)cc1. The number of halogens is 1. The number of benzene rings is 3. The lowest BCUT2D eigenvalue weighted by atomic mass is 10.0. The van der Waals surface area contributed by atoms with Crippen LogP contribution in [0.4, 0.5) is 0 Å². The summed E-state index contributed by atoms with van der Waals surface area (Å²) in [5, 5.41) is 3.65. The van der Waals surface area contributed by atoms with Gasteiger partial charge in [0.15, 0.2) is 0 Å². The number of amides is 2. The highest BCUT2D eigenvalue weighted by molar-refractivity contribution is 7.99. The largest absolute Gasteiger partial charge is 0.497 e. The Morgan fingerprint density at radius 3 is 2.22 bits per heavy atom. The number of nitrogens with one attached hydrogen (secondary N) is 1. The van der Waals surface area contributed by atoms with Crippen molar-refractivity contribution in [3.8, 4) is 5.75 Å². The molecule has 0 saturated carbocycles. The number of hydrogen-bond donors (Lipinski definition) is 1. The second-order valence-electron chi connectivity index (χ2n) is 9.90. The molecule has 5 nitrogen and oxygen atoms in total. The Hall–Kier alpha value is -2.96. The van der Waals surface area contributed by atoms with E-state index in [0.717, 1.165) is 22.4 Å². The number of methoxy groups -OCH3 is 1. The maximum atomic E-state index is 13.7. The Morgan fingerprint density at radius 1 is 0.946 bits per heavy atom. The Kier molecular flexibility index (Phi) is 10.5. The first-order valence-corrected chi connectivity index (χ1v) is 13.8. The fraction of sp³-hybridized carbons (Fsp3) is 0.333. The van der Waals surface area contributed by atoms with E-state index in [2.05, 4.69) is 5.32 Å². The molecule has 0 aliphatic heterocycles. The molecule has 2 amide bonds. The number of carbonyl (C=O) groups is 2. The van der Waals surface area contributed by atoms with Gasteiger partial charge in [-0.1, -0.05) is 72.3 Å². The molecule has 1 N–H and O–H groups in total. The molecule has 37 heavy (non-hydrogen) atoms. The van der Waals surface area contributed by atoms with E-state index in [4.69, 9.17) is 16.3 Å². The molecule has 3 aromatic carbocycles. The van der Waals surface area contributed by atoms with Crippen LogP contribution in [0.15, 0.2) is 78.9 Å². The molecule has 0 aliphatic carbocycles. The van der Waals surface area contributed by atoms with Crippen molar-refractivity contribution in [2.24, 2.45) is 0 Å². The molecule has 0 bridgehead atoms. The molecule has 0 fully saturated rings. The van der Waals surface area contributed by atoms with Gasteiger partial charge < -0.3 is 15.0 Å². The second kappa shape index (κ2) is 13.5. The molecular weight excluding hydrogens is 504 g/mol. The number of hydrogen-bond acceptors (Lipinski definition) is 4. The summed E-state index contributed by atoms with van der Waals surface area (Å²) in [6, 6.07) is 24.4. The summed E-state index contributed by atoms with van der Waals surface area (Å²) in [7, 11) is 1.64. The van der Waals surface area contributed by atoms with Crippen LogP contribution in [0.2, 0.25) is 5.02 Å². The molecule has 7 heteroatoms. The standard InChI is InChI=1S/C30H35ClN2O3S/c1-30(2,3)32-29(35)27(18-22-10-6-5-7-11-22)33(19-24-12-8-9-13-26(24)31)28(34)21-37-20-23-14-16-25(36-4)17-15-23/h5-17,27H,18-21H2,1-4H3,(H,32,35)/t27-/m0/s1. The molecule has 3 aromatic rings. The summed E-state index contributed by atoms with van der Waals surface area (Å²) in [5.41, 5.74) is 2.45. The maximum absolute atomic E-state index is 13.7. The van der Waals surface area contributed by atoms with Crippen LogP contribution in [0.25, 0.3) is 0 Å². The quantitative estimate of drug-likeness (QED) is 0.319. The van der Waals surface area contributed by atoms with Gasteiger partial charge in [0.2, 0.25) is 11.8 Å². The zero-order chi connectivity index (χ0) is 26.8. The van der Waals surface area contributed by atoms with Crippen molar-refractivity contribution in [3.63, 3.8) is 0 Å². The predicted octanol–water partition coefficient (Wildman–Crippen LogP) is 6.14. The zero-order valence-electron chi connectivity index (χ0n) is 21.9. The van der Waals surface area contributed by atoms with Gasteiger partial charge in [0, 0.05) is 29.3 Å². The van der Waals surface area contributed by atoms with Crippen molar-refractivity contribution in [2.45, 2.75) is 51.1 Å². The third-order valence-electron chi connectivity index (χ3n) is 5.72. The topological polar surface area (TPSA) is 58.6 Å². The average molecular weight is 539 g/mol. The summed E-state index contributed by atoms with van der Waals surface area (Å²) in [6.45, 7) is 6.07. The molecular formula is C30H35ClN2O3S. The average Bonchev–Trinajstić information content (AvgIpc) is 2.87. The van der Waals surface area contributed by atoms with Crippen molar-refractivity contribution >= 4 is 35.2 Å². The van der Waals surface area contributed by atoms with Crippen molar-refractivity contribution in [1.29, 1.82) is 0 Å². The zero-order valence-corrected chi connectivity index (χ0v) is 23.4. The Morgan fingerprint density at radius 2 is 1.59 bits per heavy atom. The maximum Gasteiger partial charge on any atom is 0.243 e. The van der Waals surface area contributed by atoms with Crippen molar-refractivity contribution in [3.05, 3.63) is 101 Å². The van der Waals surface area contributed by atoms with E-state index in [1.807, 2.05) is 93.6 Å². The van der Waals surface area contributed by atoms with E-state index in [1.54, 1.807) is 18.1 Å². The van der Waals surface area contributed by atoms with Gasteiger partial charge in [-0.05, 0) is 55.7 Å². The summed E-state index contributed by atoms with van der Waals surface area (Å²) >= 11 is 8.00. The number of thioether (sulfide) groups is 1. The third kappa shape index (κ3) is 9.13. The summed E-state index contributed by atoms with van der Waals surface area (Å²) in [4.78, 5) is 29.0. The molecule has 0 aliphatic rings. The number of nitrogens with zero attached hydrogens (tertiary/aromatic N) is 1. The van der Waals surface area contributed by atoms with E-state index in [0.29, 0.717) is 17.2 Å². The van der Waals surface area contributed by atoms with Crippen LogP contribution in [0.1, 0.15) is 37.5 Å². The molecule has 1 atom stereocenters. The minimum atomic E-state index is -0.688. The molecule has 0 radical (unpaired) electrons. The van der Waals surface area contributed by atoms with Crippen LogP contribution in [-0.4, -0.2) is 41.2 Å². The Balaban J connectivity index is 1.85. The summed E-state index contributed by atoms with van der Waals surface area (Å²) in [6.07, 6.45) is 0.405. The Bertz CT molecular complexity index is 1160. The third-order valence-corrected chi connectivity index (χ3v) is 7.08.